The highest BCUT2D eigenvalue weighted by atomic mass is 16.5. The Morgan fingerprint density at radius 1 is 0.949 bits per heavy atom. The van der Waals surface area contributed by atoms with E-state index in [2.05, 4.69) is 20.8 Å². The van der Waals surface area contributed by atoms with E-state index in [4.69, 9.17) is 4.74 Å². The van der Waals surface area contributed by atoms with Gasteiger partial charge in [0.05, 0.1) is 17.7 Å². The smallest absolute Gasteiger partial charge is 0.300 e. The summed E-state index contributed by atoms with van der Waals surface area (Å²) in [4.78, 5) is 30.5. The first-order chi connectivity index (χ1) is 18.3. The number of amides is 1. The van der Waals surface area contributed by atoms with E-state index < -0.39 is 17.7 Å². The van der Waals surface area contributed by atoms with E-state index in [0.717, 1.165) is 22.4 Å². The summed E-state index contributed by atoms with van der Waals surface area (Å²) in [6, 6.07) is 19.9. The number of anilines is 2. The van der Waals surface area contributed by atoms with Crippen LogP contribution in [0.25, 0.3) is 5.76 Å². The van der Waals surface area contributed by atoms with Crippen molar-refractivity contribution in [2.45, 2.75) is 59.1 Å². The number of Topliss-reactive ketones (excluding diaryl/α,β-unsaturated/α-hetero) is 1. The molecule has 1 fully saturated rings. The van der Waals surface area contributed by atoms with Gasteiger partial charge < -0.3 is 14.7 Å². The van der Waals surface area contributed by atoms with Crippen LogP contribution in [-0.4, -0.2) is 37.0 Å². The molecule has 1 atom stereocenters. The second kappa shape index (κ2) is 10.6. The molecule has 1 unspecified atom stereocenters. The molecule has 1 amide bonds. The summed E-state index contributed by atoms with van der Waals surface area (Å²) < 4.78 is 5.84. The Balaban J connectivity index is 1.88. The lowest BCUT2D eigenvalue weighted by atomic mass is 9.85. The highest BCUT2D eigenvalue weighted by molar-refractivity contribution is 6.51. The van der Waals surface area contributed by atoms with Crippen LogP contribution < -0.4 is 14.5 Å². The van der Waals surface area contributed by atoms with Gasteiger partial charge in [0.1, 0.15) is 11.5 Å². The highest BCUT2D eigenvalue weighted by Crippen LogP contribution is 2.43. The maximum absolute atomic E-state index is 13.5. The van der Waals surface area contributed by atoms with Gasteiger partial charge >= 0.3 is 0 Å². The lowest BCUT2D eigenvalue weighted by Gasteiger charge is -2.27. The monoisotopic (exact) mass is 526 g/mol. The predicted molar refractivity (Wildman–Crippen MR) is 158 cm³/mol. The number of hydrogen-bond donors (Lipinski definition) is 1. The standard InChI is InChI=1S/C33H38N2O4/c1-20(2)39-27-18-11-23(19-21(27)3)30(36)28-29(22-9-12-24(13-10-22)33(4,5)6)35(32(38)31(28)37)26-16-14-25(15-17-26)34(7)8/h9-20,29,36H,1-8H3/b30-28-. The SMILES string of the molecule is Cc1cc(/C(O)=C2/C(=O)C(=O)N(c3ccc(N(C)C)cc3)C2c2ccc(C(C)(C)C)cc2)ccc1OC(C)C. The van der Waals surface area contributed by atoms with Crippen molar-refractivity contribution in [2.24, 2.45) is 0 Å². The predicted octanol–water partition coefficient (Wildman–Crippen LogP) is 6.77. The molecule has 1 aliphatic rings. The zero-order chi connectivity index (χ0) is 28.6. The summed E-state index contributed by atoms with van der Waals surface area (Å²) in [5, 5.41) is 11.5. The van der Waals surface area contributed by atoms with E-state index in [-0.39, 0.29) is 22.9 Å². The lowest BCUT2D eigenvalue weighted by Crippen LogP contribution is -2.29. The van der Waals surface area contributed by atoms with E-state index in [1.54, 1.807) is 18.2 Å². The van der Waals surface area contributed by atoms with Crippen molar-refractivity contribution in [1.82, 2.24) is 0 Å². The molecule has 0 aromatic heterocycles. The molecule has 1 saturated heterocycles. The Kier molecular flexibility index (Phi) is 7.60. The molecule has 1 aliphatic heterocycles. The van der Waals surface area contributed by atoms with Gasteiger partial charge in [-0.3, -0.25) is 14.5 Å². The largest absolute Gasteiger partial charge is 0.507 e. The summed E-state index contributed by atoms with van der Waals surface area (Å²) in [5.41, 5.74) is 4.74. The number of ketones is 1. The average Bonchev–Trinajstić information content (AvgIpc) is 3.14. The van der Waals surface area contributed by atoms with Crippen LogP contribution in [0.3, 0.4) is 0 Å². The van der Waals surface area contributed by atoms with E-state index in [9.17, 15) is 14.7 Å². The Hall–Kier alpha value is -4.06. The molecule has 0 saturated carbocycles. The average molecular weight is 527 g/mol. The molecule has 6 heteroatoms. The molecule has 0 radical (unpaired) electrons. The topological polar surface area (TPSA) is 70.1 Å². The Morgan fingerprint density at radius 2 is 1.56 bits per heavy atom. The second-order valence-corrected chi connectivity index (χ2v) is 11.6. The van der Waals surface area contributed by atoms with Crippen molar-refractivity contribution in [3.8, 4) is 5.75 Å². The van der Waals surface area contributed by atoms with Gasteiger partial charge in [0.15, 0.2) is 0 Å². The van der Waals surface area contributed by atoms with Gasteiger partial charge in [-0.25, -0.2) is 0 Å². The van der Waals surface area contributed by atoms with Crippen molar-refractivity contribution >= 4 is 28.8 Å². The lowest BCUT2D eigenvalue weighted by molar-refractivity contribution is -0.132. The molecule has 3 aromatic carbocycles. The van der Waals surface area contributed by atoms with Crippen LogP contribution in [0.1, 0.15) is 62.9 Å². The number of carbonyl (C=O) groups is 2. The van der Waals surface area contributed by atoms with Crippen molar-refractivity contribution in [3.05, 3.63) is 94.6 Å². The van der Waals surface area contributed by atoms with Crippen molar-refractivity contribution in [1.29, 1.82) is 0 Å². The molecule has 0 aliphatic carbocycles. The number of nitrogens with zero attached hydrogens (tertiary/aromatic N) is 2. The maximum atomic E-state index is 13.5. The molecular formula is C33H38N2O4. The van der Waals surface area contributed by atoms with Gasteiger partial charge in [0.25, 0.3) is 11.7 Å². The molecule has 3 aromatic rings. The van der Waals surface area contributed by atoms with E-state index in [1.807, 2.05) is 88.3 Å². The minimum atomic E-state index is -0.781. The number of benzene rings is 3. The van der Waals surface area contributed by atoms with Crippen LogP contribution in [0.15, 0.2) is 72.3 Å². The fourth-order valence-electron chi connectivity index (χ4n) is 4.83. The second-order valence-electron chi connectivity index (χ2n) is 11.6. The number of ether oxygens (including phenoxy) is 1. The van der Waals surface area contributed by atoms with Crippen LogP contribution in [-0.2, 0) is 15.0 Å². The Morgan fingerprint density at radius 3 is 2.08 bits per heavy atom. The van der Waals surface area contributed by atoms with Crippen LogP contribution >= 0.6 is 0 Å². The van der Waals surface area contributed by atoms with Gasteiger partial charge in [0, 0.05) is 31.0 Å². The minimum Gasteiger partial charge on any atom is -0.507 e. The molecule has 0 bridgehead atoms. The number of aryl methyl sites for hydroxylation is 1. The van der Waals surface area contributed by atoms with Gasteiger partial charge in [-0.2, -0.15) is 0 Å². The van der Waals surface area contributed by atoms with Crippen LogP contribution in [0.2, 0.25) is 0 Å². The molecule has 6 nitrogen and oxygen atoms in total. The van der Waals surface area contributed by atoms with Crippen molar-refractivity contribution in [3.63, 3.8) is 0 Å². The summed E-state index contributed by atoms with van der Waals surface area (Å²) >= 11 is 0. The normalized spacial score (nSPS) is 17.2. The first-order valence-corrected chi connectivity index (χ1v) is 13.3. The zero-order valence-electron chi connectivity index (χ0n) is 24.1. The first kappa shape index (κ1) is 28.0. The van der Waals surface area contributed by atoms with E-state index >= 15 is 0 Å². The molecule has 0 spiro atoms. The zero-order valence-corrected chi connectivity index (χ0v) is 24.1. The number of carbonyl (C=O) groups excluding carboxylic acids is 2. The van der Waals surface area contributed by atoms with Gasteiger partial charge in [0.2, 0.25) is 0 Å². The highest BCUT2D eigenvalue weighted by Gasteiger charge is 2.47. The summed E-state index contributed by atoms with van der Waals surface area (Å²) in [7, 11) is 3.88. The Labute approximate surface area is 231 Å². The third-order valence-corrected chi connectivity index (χ3v) is 6.99. The molecular weight excluding hydrogens is 488 g/mol. The summed E-state index contributed by atoms with van der Waals surface area (Å²) in [5.74, 6) is -0.882. The van der Waals surface area contributed by atoms with Crippen molar-refractivity contribution < 1.29 is 19.4 Å². The number of aliphatic hydroxyl groups is 1. The van der Waals surface area contributed by atoms with Crippen molar-refractivity contribution in [2.75, 3.05) is 23.9 Å². The van der Waals surface area contributed by atoms with E-state index in [0.29, 0.717) is 17.0 Å². The number of hydrogen-bond acceptors (Lipinski definition) is 5. The quantitative estimate of drug-likeness (QED) is 0.218. The Bertz CT molecular complexity index is 1410. The van der Waals surface area contributed by atoms with Gasteiger partial charge in [-0.05, 0) is 85.3 Å². The summed E-state index contributed by atoms with van der Waals surface area (Å²) in [6.45, 7) is 12.2. The summed E-state index contributed by atoms with van der Waals surface area (Å²) in [6.07, 6.45) is 0.00317. The van der Waals surface area contributed by atoms with Crippen LogP contribution in [0.4, 0.5) is 11.4 Å². The minimum absolute atomic E-state index is 0.00317. The fourth-order valence-corrected chi connectivity index (χ4v) is 4.83. The van der Waals surface area contributed by atoms with Gasteiger partial charge in [-0.15, -0.1) is 0 Å². The third-order valence-electron chi connectivity index (χ3n) is 6.99. The third kappa shape index (κ3) is 5.56. The van der Waals surface area contributed by atoms with E-state index in [1.165, 1.54) is 4.90 Å². The van der Waals surface area contributed by atoms with Gasteiger partial charge in [-0.1, -0.05) is 45.0 Å². The van der Waals surface area contributed by atoms with Crippen LogP contribution in [0, 0.1) is 6.92 Å². The van der Waals surface area contributed by atoms with Crippen LogP contribution in [0.5, 0.6) is 5.75 Å². The maximum Gasteiger partial charge on any atom is 0.300 e. The molecule has 4 rings (SSSR count). The number of rotatable bonds is 6. The molecule has 1 N–H and O–H groups in total. The molecule has 1 heterocycles. The first-order valence-electron chi connectivity index (χ1n) is 13.3. The fraction of sp³-hybridized carbons (Fsp3) is 0.333. The number of aliphatic hydroxyl groups excluding tert-OH is 1. The molecule has 39 heavy (non-hydrogen) atoms. The molecule has 204 valence electrons.